The van der Waals surface area contributed by atoms with Crippen molar-refractivity contribution in [3.63, 3.8) is 0 Å². The molecule has 6 heteroatoms. The molecule has 86 valence electrons. The lowest BCUT2D eigenvalue weighted by molar-refractivity contribution is 1.03. The molecule has 2 aromatic rings. The van der Waals surface area contributed by atoms with E-state index in [0.717, 1.165) is 5.69 Å². The highest BCUT2D eigenvalue weighted by molar-refractivity contribution is 14.1. The number of rotatable bonds is 3. The number of nitrogens with two attached hydrogens (primary N) is 1. The van der Waals surface area contributed by atoms with Gasteiger partial charge in [0.05, 0.1) is 11.8 Å². The first-order valence-electron chi connectivity index (χ1n) is 4.81. The molecule has 0 atom stereocenters. The quantitative estimate of drug-likeness (QED) is 0.654. The summed E-state index contributed by atoms with van der Waals surface area (Å²) in [6.45, 7) is 0. The third kappa shape index (κ3) is 3.10. The lowest BCUT2D eigenvalue weighted by Gasteiger charge is -2.08. The molecule has 0 unspecified atom stereocenters. The van der Waals surface area contributed by atoms with Crippen LogP contribution in [-0.2, 0) is 0 Å². The second-order valence-electron chi connectivity index (χ2n) is 3.29. The highest BCUT2D eigenvalue weighted by Gasteiger charge is 2.06. The maximum Gasteiger partial charge on any atom is 0.163 e. The molecule has 3 N–H and O–H groups in total. The maximum absolute atomic E-state index is 5.61. The Labute approximate surface area is 118 Å². The summed E-state index contributed by atoms with van der Waals surface area (Å²) in [5, 5.41) is 10.9. The minimum atomic E-state index is 0.299. The van der Waals surface area contributed by atoms with Gasteiger partial charge in [-0.05, 0) is 52.9 Å². The Morgan fingerprint density at radius 1 is 1.24 bits per heavy atom. The first kappa shape index (κ1) is 12.2. The molecule has 0 saturated heterocycles. The van der Waals surface area contributed by atoms with E-state index in [4.69, 9.17) is 18.0 Å². The van der Waals surface area contributed by atoms with Gasteiger partial charge < -0.3 is 11.1 Å². The van der Waals surface area contributed by atoms with E-state index in [1.54, 1.807) is 12.3 Å². The normalized spacial score (nSPS) is 9.94. The summed E-state index contributed by atoms with van der Waals surface area (Å²) in [4.78, 5) is 0.299. The highest BCUT2D eigenvalue weighted by Crippen LogP contribution is 2.18. The fourth-order valence-electron chi connectivity index (χ4n) is 1.29. The summed E-state index contributed by atoms with van der Waals surface area (Å²) in [6, 6.07) is 9.66. The number of thiocarbonyl (C=S) groups is 1. The van der Waals surface area contributed by atoms with Crippen LogP contribution >= 0.6 is 34.8 Å². The molecule has 0 fully saturated rings. The average molecular weight is 356 g/mol. The van der Waals surface area contributed by atoms with E-state index in [1.165, 1.54) is 3.57 Å². The van der Waals surface area contributed by atoms with Crippen molar-refractivity contribution in [1.82, 2.24) is 10.2 Å². The van der Waals surface area contributed by atoms with Crippen LogP contribution in [0.5, 0.6) is 0 Å². The van der Waals surface area contributed by atoms with Gasteiger partial charge in [-0.15, -0.1) is 5.10 Å². The number of hydrogen-bond donors (Lipinski definition) is 2. The van der Waals surface area contributed by atoms with Crippen molar-refractivity contribution in [1.29, 1.82) is 0 Å². The molecule has 2 rings (SSSR count). The van der Waals surface area contributed by atoms with Gasteiger partial charge in [-0.25, -0.2) is 0 Å². The number of aromatic nitrogens is 2. The van der Waals surface area contributed by atoms with Gasteiger partial charge in [0.2, 0.25) is 0 Å². The zero-order valence-corrected chi connectivity index (χ0v) is 11.7. The molecular weight excluding hydrogens is 347 g/mol. The smallest absolute Gasteiger partial charge is 0.163 e. The summed E-state index contributed by atoms with van der Waals surface area (Å²) in [5.41, 5.74) is 7.22. The first-order valence-corrected chi connectivity index (χ1v) is 6.29. The molecule has 1 heterocycles. The van der Waals surface area contributed by atoms with Crippen LogP contribution in [0, 0.1) is 3.57 Å². The molecule has 0 amide bonds. The van der Waals surface area contributed by atoms with Crippen molar-refractivity contribution in [3.05, 3.63) is 45.7 Å². The van der Waals surface area contributed by atoms with E-state index in [-0.39, 0.29) is 0 Å². The fraction of sp³-hybridized carbons (Fsp3) is 0. The summed E-state index contributed by atoms with van der Waals surface area (Å²) in [7, 11) is 0. The lowest BCUT2D eigenvalue weighted by atomic mass is 10.2. The van der Waals surface area contributed by atoms with Gasteiger partial charge in [0.1, 0.15) is 4.99 Å². The summed E-state index contributed by atoms with van der Waals surface area (Å²) in [6.07, 6.45) is 1.56. The molecule has 0 bridgehead atoms. The Bertz CT molecular complexity index is 541. The number of nitrogens with one attached hydrogen (secondary N) is 1. The highest BCUT2D eigenvalue weighted by atomic mass is 127. The zero-order valence-electron chi connectivity index (χ0n) is 8.72. The van der Waals surface area contributed by atoms with E-state index < -0.39 is 0 Å². The second-order valence-corrected chi connectivity index (χ2v) is 4.98. The maximum atomic E-state index is 5.61. The van der Waals surface area contributed by atoms with Crippen molar-refractivity contribution in [3.8, 4) is 0 Å². The van der Waals surface area contributed by atoms with Gasteiger partial charge in [-0.2, -0.15) is 5.10 Å². The van der Waals surface area contributed by atoms with Gasteiger partial charge >= 0.3 is 0 Å². The standard InChI is InChI=1S/C11H9IN4S/c12-7-1-3-8(4-2-7)15-11-9(10(13)17)5-6-14-16-11/h1-6H,(H2,13,17)(H,15,16). The van der Waals surface area contributed by atoms with Crippen LogP contribution in [0.15, 0.2) is 36.5 Å². The summed E-state index contributed by atoms with van der Waals surface area (Å²) in [5.74, 6) is 0.571. The molecule has 0 spiro atoms. The van der Waals surface area contributed by atoms with Crippen LogP contribution in [0.1, 0.15) is 5.56 Å². The number of halogens is 1. The average Bonchev–Trinajstić information content (AvgIpc) is 2.32. The molecule has 4 nitrogen and oxygen atoms in total. The van der Waals surface area contributed by atoms with Crippen LogP contribution in [0.4, 0.5) is 11.5 Å². The molecule has 0 aliphatic heterocycles. The van der Waals surface area contributed by atoms with Crippen LogP contribution in [0.25, 0.3) is 0 Å². The number of anilines is 2. The number of benzene rings is 1. The van der Waals surface area contributed by atoms with Crippen molar-refractivity contribution >= 4 is 51.3 Å². The number of hydrogen-bond acceptors (Lipinski definition) is 4. The van der Waals surface area contributed by atoms with Crippen molar-refractivity contribution in [2.75, 3.05) is 5.32 Å². The molecule has 1 aromatic heterocycles. The lowest BCUT2D eigenvalue weighted by Crippen LogP contribution is -2.13. The molecular formula is C11H9IN4S. The monoisotopic (exact) mass is 356 g/mol. The van der Waals surface area contributed by atoms with Crippen LogP contribution in [-0.4, -0.2) is 15.2 Å². The van der Waals surface area contributed by atoms with Crippen molar-refractivity contribution < 1.29 is 0 Å². The Morgan fingerprint density at radius 2 is 1.94 bits per heavy atom. The number of nitrogens with zero attached hydrogens (tertiary/aromatic N) is 2. The predicted molar refractivity (Wildman–Crippen MR) is 80.4 cm³/mol. The van der Waals surface area contributed by atoms with Crippen LogP contribution < -0.4 is 11.1 Å². The van der Waals surface area contributed by atoms with E-state index in [1.807, 2.05) is 24.3 Å². The van der Waals surface area contributed by atoms with Gasteiger partial charge in [0.25, 0.3) is 0 Å². The van der Waals surface area contributed by atoms with Crippen LogP contribution in [0.3, 0.4) is 0 Å². The van der Waals surface area contributed by atoms with Crippen molar-refractivity contribution in [2.45, 2.75) is 0 Å². The minimum Gasteiger partial charge on any atom is -0.389 e. The molecule has 0 saturated carbocycles. The Balaban J connectivity index is 2.30. The Kier molecular flexibility index (Phi) is 3.85. The third-order valence-corrected chi connectivity index (χ3v) is 3.03. The van der Waals surface area contributed by atoms with Gasteiger partial charge in [0, 0.05) is 9.26 Å². The predicted octanol–water partition coefficient (Wildman–Crippen LogP) is 2.46. The summed E-state index contributed by atoms with van der Waals surface area (Å²) >= 11 is 7.20. The van der Waals surface area contributed by atoms with Gasteiger partial charge in [-0.3, -0.25) is 0 Å². The van der Waals surface area contributed by atoms with E-state index >= 15 is 0 Å². The van der Waals surface area contributed by atoms with E-state index in [9.17, 15) is 0 Å². The summed E-state index contributed by atoms with van der Waals surface area (Å²) < 4.78 is 1.17. The van der Waals surface area contributed by atoms with Crippen molar-refractivity contribution in [2.24, 2.45) is 5.73 Å². The fourth-order valence-corrected chi connectivity index (χ4v) is 1.82. The largest absolute Gasteiger partial charge is 0.389 e. The van der Waals surface area contributed by atoms with Gasteiger partial charge in [0.15, 0.2) is 5.82 Å². The molecule has 0 radical (unpaired) electrons. The van der Waals surface area contributed by atoms with Gasteiger partial charge in [-0.1, -0.05) is 12.2 Å². The topological polar surface area (TPSA) is 63.8 Å². The molecule has 1 aromatic carbocycles. The second kappa shape index (κ2) is 5.37. The minimum absolute atomic E-state index is 0.299. The first-order chi connectivity index (χ1) is 8.16. The Hall–Kier alpha value is -1.28. The molecule has 0 aliphatic rings. The van der Waals surface area contributed by atoms with Crippen LogP contribution in [0.2, 0.25) is 0 Å². The molecule has 0 aliphatic carbocycles. The van der Waals surface area contributed by atoms with E-state index in [0.29, 0.717) is 16.4 Å². The SMILES string of the molecule is NC(=S)c1ccnnc1Nc1ccc(I)cc1. The molecule has 17 heavy (non-hydrogen) atoms. The Morgan fingerprint density at radius 3 is 2.59 bits per heavy atom. The third-order valence-electron chi connectivity index (χ3n) is 2.09. The zero-order chi connectivity index (χ0) is 12.3. The van der Waals surface area contributed by atoms with E-state index in [2.05, 4.69) is 38.1 Å².